The molecule has 1 N–H and O–H groups in total. The van der Waals surface area contributed by atoms with Gasteiger partial charge >= 0.3 is 0 Å². The Hall–Kier alpha value is -1.45. The van der Waals surface area contributed by atoms with Crippen LogP contribution in [-0.4, -0.2) is 74.9 Å². The molecular weight excluding hydrogens is 358 g/mol. The first-order valence-corrected chi connectivity index (χ1v) is 9.80. The number of ether oxygens (including phenoxy) is 4. The largest absolute Gasteiger partial charge is 0.459 e. The molecule has 0 aliphatic carbocycles. The minimum Gasteiger partial charge on any atom is -0.459 e. The van der Waals surface area contributed by atoms with Crippen LogP contribution in [0.4, 0.5) is 0 Å². The Morgan fingerprint density at radius 3 is 2.88 bits per heavy atom. The zero-order valence-corrected chi connectivity index (χ0v) is 15.5. The van der Waals surface area contributed by atoms with E-state index in [1.54, 1.807) is 16.2 Å². The van der Waals surface area contributed by atoms with E-state index in [0.29, 0.717) is 51.7 Å². The van der Waals surface area contributed by atoms with Gasteiger partial charge < -0.3 is 29.0 Å². The van der Waals surface area contributed by atoms with Crippen LogP contribution < -0.4 is 0 Å². The third-order valence-corrected chi connectivity index (χ3v) is 5.01. The molecule has 0 unspecified atom stereocenters. The van der Waals surface area contributed by atoms with Gasteiger partial charge in [-0.2, -0.15) is 11.3 Å². The van der Waals surface area contributed by atoms with Crippen molar-refractivity contribution in [3.8, 4) is 0 Å². The molecule has 0 aromatic carbocycles. The number of morpholine rings is 1. The molecule has 0 bridgehead atoms. The molecule has 1 amide bonds. The molecule has 1 aromatic rings. The van der Waals surface area contributed by atoms with Crippen molar-refractivity contribution in [3.63, 3.8) is 0 Å². The Balaban J connectivity index is 1.64. The molecule has 0 saturated carbocycles. The highest BCUT2D eigenvalue weighted by Crippen LogP contribution is 2.33. The molecule has 26 heavy (non-hydrogen) atoms. The first-order chi connectivity index (χ1) is 12.8. The normalized spacial score (nSPS) is 23.4. The fourth-order valence-electron chi connectivity index (χ4n) is 2.96. The third-order valence-electron chi connectivity index (χ3n) is 4.30. The first-order valence-electron chi connectivity index (χ1n) is 8.85. The highest BCUT2D eigenvalue weighted by atomic mass is 32.1. The quantitative estimate of drug-likeness (QED) is 0.683. The molecule has 3 heterocycles. The van der Waals surface area contributed by atoms with Crippen LogP contribution >= 0.6 is 11.3 Å². The van der Waals surface area contributed by atoms with Crippen molar-refractivity contribution in [1.29, 1.82) is 0 Å². The van der Waals surface area contributed by atoms with Crippen LogP contribution in [0.1, 0.15) is 17.9 Å². The number of aliphatic hydroxyl groups is 1. The van der Waals surface area contributed by atoms with Crippen molar-refractivity contribution in [3.05, 3.63) is 34.2 Å². The lowest BCUT2D eigenvalue weighted by molar-refractivity contribution is -0.158. The number of amides is 1. The summed E-state index contributed by atoms with van der Waals surface area (Å²) in [6.07, 6.45) is 2.06. The van der Waals surface area contributed by atoms with Gasteiger partial charge in [0.1, 0.15) is 0 Å². The van der Waals surface area contributed by atoms with E-state index in [9.17, 15) is 4.79 Å². The van der Waals surface area contributed by atoms with Crippen molar-refractivity contribution < 1.29 is 28.8 Å². The number of rotatable bonds is 8. The van der Waals surface area contributed by atoms with Crippen LogP contribution in [0, 0.1) is 0 Å². The monoisotopic (exact) mass is 383 g/mol. The zero-order valence-electron chi connectivity index (χ0n) is 14.7. The second-order valence-electron chi connectivity index (χ2n) is 6.09. The molecule has 2 aliphatic heterocycles. The highest BCUT2D eigenvalue weighted by Gasteiger charge is 2.31. The third kappa shape index (κ3) is 5.28. The molecule has 0 spiro atoms. The Morgan fingerprint density at radius 1 is 1.31 bits per heavy atom. The van der Waals surface area contributed by atoms with Crippen LogP contribution in [0.2, 0.25) is 0 Å². The van der Waals surface area contributed by atoms with E-state index in [0.717, 1.165) is 5.56 Å². The first kappa shape index (κ1) is 19.3. The lowest BCUT2D eigenvalue weighted by Gasteiger charge is -2.32. The molecule has 144 valence electrons. The number of carbonyl (C=O) groups excluding carboxylic acids is 1. The van der Waals surface area contributed by atoms with E-state index < -0.39 is 6.29 Å². The zero-order chi connectivity index (χ0) is 18.2. The number of nitrogens with zero attached hydrogens (tertiary/aromatic N) is 1. The van der Waals surface area contributed by atoms with Crippen LogP contribution in [0.3, 0.4) is 0 Å². The summed E-state index contributed by atoms with van der Waals surface area (Å²) in [4.78, 5) is 14.6. The molecule has 1 aromatic heterocycles. The summed E-state index contributed by atoms with van der Waals surface area (Å²) in [5, 5.41) is 12.8. The lowest BCUT2D eigenvalue weighted by Crippen LogP contribution is -2.43. The standard InChI is InChI=1S/C18H25NO6S/c20-4-7-23-8-9-24-17-12-15(14-1-10-26-13-14)11-16(25-17)18(21)19-2-5-22-6-3-19/h1,10-11,13,15,17,20H,2-9,12H2/t15-,17+/m1/s1. The van der Waals surface area contributed by atoms with Gasteiger partial charge in [-0.3, -0.25) is 4.79 Å². The van der Waals surface area contributed by atoms with E-state index >= 15 is 0 Å². The number of carbonyl (C=O) groups is 1. The van der Waals surface area contributed by atoms with Gasteiger partial charge in [-0.05, 0) is 28.5 Å². The fraction of sp³-hybridized carbons (Fsp3) is 0.611. The SMILES string of the molecule is O=C(C1=C[C@@H](c2ccsc2)C[C@@H](OCCOCCO)O1)N1CCOCC1. The Kier molecular flexibility index (Phi) is 7.45. The minimum atomic E-state index is -0.498. The van der Waals surface area contributed by atoms with Crippen LogP contribution in [-0.2, 0) is 23.7 Å². The van der Waals surface area contributed by atoms with E-state index in [1.165, 1.54) is 0 Å². The number of thiophene rings is 1. The average Bonchev–Trinajstić information content (AvgIpc) is 3.23. The molecule has 2 aliphatic rings. The van der Waals surface area contributed by atoms with Crippen LogP contribution in [0.5, 0.6) is 0 Å². The van der Waals surface area contributed by atoms with Crippen molar-refractivity contribution in [2.75, 3.05) is 52.7 Å². The molecule has 7 nitrogen and oxygen atoms in total. The second-order valence-corrected chi connectivity index (χ2v) is 6.87. The maximum atomic E-state index is 12.8. The summed E-state index contributed by atoms with van der Waals surface area (Å²) in [6, 6.07) is 2.06. The molecule has 1 fully saturated rings. The van der Waals surface area contributed by atoms with Crippen molar-refractivity contribution >= 4 is 17.2 Å². The Morgan fingerprint density at radius 2 is 2.15 bits per heavy atom. The van der Waals surface area contributed by atoms with Gasteiger partial charge in [0.05, 0.1) is 39.6 Å². The summed E-state index contributed by atoms with van der Waals surface area (Å²) >= 11 is 1.63. The number of allylic oxidation sites excluding steroid dienone is 1. The van der Waals surface area contributed by atoms with Crippen molar-refractivity contribution in [2.45, 2.75) is 18.6 Å². The van der Waals surface area contributed by atoms with Gasteiger partial charge in [0.15, 0.2) is 5.76 Å². The topological polar surface area (TPSA) is 77.5 Å². The molecular formula is C18H25NO6S. The van der Waals surface area contributed by atoms with Crippen LogP contribution in [0.25, 0.3) is 0 Å². The van der Waals surface area contributed by atoms with Gasteiger partial charge in [-0.25, -0.2) is 0 Å². The van der Waals surface area contributed by atoms with Crippen molar-refractivity contribution in [1.82, 2.24) is 4.90 Å². The Bertz CT molecular complexity index is 585. The number of hydrogen-bond acceptors (Lipinski definition) is 7. The van der Waals surface area contributed by atoms with E-state index in [2.05, 4.69) is 11.4 Å². The van der Waals surface area contributed by atoms with Gasteiger partial charge in [0.2, 0.25) is 6.29 Å². The molecule has 2 atom stereocenters. The summed E-state index contributed by atoms with van der Waals surface area (Å²) in [7, 11) is 0. The summed E-state index contributed by atoms with van der Waals surface area (Å²) in [6.45, 7) is 3.24. The molecule has 8 heteroatoms. The van der Waals surface area contributed by atoms with Crippen LogP contribution in [0.15, 0.2) is 28.7 Å². The van der Waals surface area contributed by atoms with E-state index in [-0.39, 0.29) is 25.0 Å². The van der Waals surface area contributed by atoms with E-state index in [1.807, 2.05) is 11.5 Å². The lowest BCUT2D eigenvalue weighted by atomic mass is 9.95. The predicted molar refractivity (Wildman–Crippen MR) is 95.9 cm³/mol. The predicted octanol–water partition coefficient (Wildman–Crippen LogP) is 1.35. The van der Waals surface area contributed by atoms with Gasteiger partial charge in [-0.1, -0.05) is 0 Å². The maximum absolute atomic E-state index is 12.8. The summed E-state index contributed by atoms with van der Waals surface area (Å²) in [5.74, 6) is 0.312. The van der Waals surface area contributed by atoms with Gasteiger partial charge in [-0.15, -0.1) is 0 Å². The highest BCUT2D eigenvalue weighted by molar-refractivity contribution is 7.08. The Labute approximate surface area is 157 Å². The molecule has 3 rings (SSSR count). The molecule has 0 radical (unpaired) electrons. The minimum absolute atomic E-state index is 0.0128. The van der Waals surface area contributed by atoms with Gasteiger partial charge in [0.25, 0.3) is 5.91 Å². The number of hydrogen-bond donors (Lipinski definition) is 1. The average molecular weight is 383 g/mol. The van der Waals surface area contributed by atoms with Gasteiger partial charge in [0, 0.05) is 25.4 Å². The second kappa shape index (κ2) is 10.0. The summed E-state index contributed by atoms with van der Waals surface area (Å²) < 4.78 is 22.1. The maximum Gasteiger partial charge on any atom is 0.288 e. The van der Waals surface area contributed by atoms with Crippen molar-refractivity contribution in [2.24, 2.45) is 0 Å². The fourth-order valence-corrected chi connectivity index (χ4v) is 3.68. The summed E-state index contributed by atoms with van der Waals surface area (Å²) in [5.41, 5.74) is 1.16. The molecule has 1 saturated heterocycles. The smallest absolute Gasteiger partial charge is 0.288 e. The van der Waals surface area contributed by atoms with E-state index in [4.69, 9.17) is 24.1 Å². The number of aliphatic hydroxyl groups excluding tert-OH is 1.